The Bertz CT molecular complexity index is 785. The van der Waals surface area contributed by atoms with Gasteiger partial charge in [-0.2, -0.15) is 5.11 Å². The number of halogens is 1. The van der Waals surface area contributed by atoms with Crippen LogP contribution in [0.4, 0.5) is 11.4 Å². The van der Waals surface area contributed by atoms with Crippen LogP contribution in [0.15, 0.2) is 63.4 Å². The normalized spacial score (nSPS) is 11.6. The SMILES string of the molecule is Cc1ccc(N=Nc2cn(C)c3ccc(Br)cc23)cc1. The van der Waals surface area contributed by atoms with Crippen molar-refractivity contribution >= 4 is 38.2 Å². The number of aromatic nitrogens is 1. The Labute approximate surface area is 126 Å². The first-order chi connectivity index (χ1) is 9.63. The Hall–Kier alpha value is -1.94. The fourth-order valence-corrected chi connectivity index (χ4v) is 2.51. The zero-order valence-electron chi connectivity index (χ0n) is 11.3. The summed E-state index contributed by atoms with van der Waals surface area (Å²) in [6.07, 6.45) is 1.99. The van der Waals surface area contributed by atoms with Gasteiger partial charge in [0, 0.05) is 23.1 Å². The largest absolute Gasteiger partial charge is 0.348 e. The van der Waals surface area contributed by atoms with E-state index in [4.69, 9.17) is 0 Å². The van der Waals surface area contributed by atoms with Crippen molar-refractivity contribution in [2.45, 2.75) is 6.92 Å². The van der Waals surface area contributed by atoms with Crippen molar-refractivity contribution in [3.8, 4) is 0 Å². The van der Waals surface area contributed by atoms with Gasteiger partial charge in [-0.15, -0.1) is 5.11 Å². The highest BCUT2D eigenvalue weighted by Crippen LogP contribution is 2.31. The third kappa shape index (κ3) is 2.51. The van der Waals surface area contributed by atoms with Crippen molar-refractivity contribution < 1.29 is 0 Å². The molecule has 0 bridgehead atoms. The molecule has 0 N–H and O–H groups in total. The summed E-state index contributed by atoms with van der Waals surface area (Å²) >= 11 is 3.50. The summed E-state index contributed by atoms with van der Waals surface area (Å²) in [6.45, 7) is 2.06. The van der Waals surface area contributed by atoms with Crippen LogP contribution >= 0.6 is 15.9 Å². The molecule has 3 nitrogen and oxygen atoms in total. The van der Waals surface area contributed by atoms with Gasteiger partial charge in [0.1, 0.15) is 5.69 Å². The first-order valence-electron chi connectivity index (χ1n) is 6.36. The van der Waals surface area contributed by atoms with E-state index in [-0.39, 0.29) is 0 Å². The second kappa shape index (κ2) is 5.21. The molecule has 20 heavy (non-hydrogen) atoms. The molecular formula is C16H14BrN3. The number of hydrogen-bond acceptors (Lipinski definition) is 2. The molecule has 0 saturated carbocycles. The van der Waals surface area contributed by atoms with Gasteiger partial charge in [0.25, 0.3) is 0 Å². The van der Waals surface area contributed by atoms with E-state index in [0.29, 0.717) is 0 Å². The highest BCUT2D eigenvalue weighted by atomic mass is 79.9. The predicted octanol–water partition coefficient (Wildman–Crippen LogP) is 5.66. The molecule has 3 aromatic rings. The maximum atomic E-state index is 4.38. The van der Waals surface area contributed by atoms with E-state index in [2.05, 4.69) is 49.8 Å². The summed E-state index contributed by atoms with van der Waals surface area (Å²) in [7, 11) is 2.02. The lowest BCUT2D eigenvalue weighted by atomic mass is 10.2. The first-order valence-corrected chi connectivity index (χ1v) is 7.16. The van der Waals surface area contributed by atoms with Crippen LogP contribution in [0.2, 0.25) is 0 Å². The predicted molar refractivity (Wildman–Crippen MR) is 86.0 cm³/mol. The van der Waals surface area contributed by atoms with E-state index in [1.807, 2.05) is 43.6 Å². The number of fused-ring (bicyclic) bond motifs is 1. The molecule has 4 heteroatoms. The van der Waals surface area contributed by atoms with Gasteiger partial charge in [-0.05, 0) is 37.3 Å². The van der Waals surface area contributed by atoms with E-state index < -0.39 is 0 Å². The highest BCUT2D eigenvalue weighted by Gasteiger charge is 2.06. The molecule has 0 amide bonds. The Morgan fingerprint density at radius 1 is 1.00 bits per heavy atom. The number of azo groups is 1. The number of nitrogens with zero attached hydrogens (tertiary/aromatic N) is 3. The number of benzene rings is 2. The third-order valence-corrected chi connectivity index (χ3v) is 3.73. The first kappa shape index (κ1) is 13.1. The van der Waals surface area contributed by atoms with Crippen LogP contribution in [-0.2, 0) is 7.05 Å². The number of rotatable bonds is 2. The third-order valence-electron chi connectivity index (χ3n) is 3.24. The number of aryl methyl sites for hydroxylation is 2. The Morgan fingerprint density at radius 3 is 2.50 bits per heavy atom. The molecule has 0 spiro atoms. The van der Waals surface area contributed by atoms with Crippen molar-refractivity contribution in [2.24, 2.45) is 17.3 Å². The minimum atomic E-state index is 0.864. The van der Waals surface area contributed by atoms with Crippen molar-refractivity contribution in [1.82, 2.24) is 4.57 Å². The molecule has 0 atom stereocenters. The lowest BCUT2D eigenvalue weighted by Crippen LogP contribution is -1.82. The molecule has 1 heterocycles. The van der Waals surface area contributed by atoms with Gasteiger partial charge >= 0.3 is 0 Å². The molecule has 0 unspecified atom stereocenters. The van der Waals surface area contributed by atoms with E-state index in [9.17, 15) is 0 Å². The van der Waals surface area contributed by atoms with Crippen LogP contribution in [0.25, 0.3) is 10.9 Å². The van der Waals surface area contributed by atoms with Crippen LogP contribution in [0.1, 0.15) is 5.56 Å². The van der Waals surface area contributed by atoms with Crippen molar-refractivity contribution in [3.63, 3.8) is 0 Å². The fraction of sp³-hybridized carbons (Fsp3) is 0.125. The van der Waals surface area contributed by atoms with Crippen molar-refractivity contribution in [3.05, 3.63) is 58.7 Å². The summed E-state index contributed by atoms with van der Waals surface area (Å²) in [6, 6.07) is 14.2. The molecule has 0 aliphatic heterocycles. The number of hydrogen-bond donors (Lipinski definition) is 0. The van der Waals surface area contributed by atoms with E-state index in [1.54, 1.807) is 0 Å². The van der Waals surface area contributed by atoms with E-state index in [1.165, 1.54) is 5.56 Å². The van der Waals surface area contributed by atoms with Gasteiger partial charge in [0.05, 0.1) is 11.2 Å². The second-order valence-corrected chi connectivity index (χ2v) is 5.74. The lowest BCUT2D eigenvalue weighted by Gasteiger charge is -1.95. The summed E-state index contributed by atoms with van der Waals surface area (Å²) in [5.74, 6) is 0. The van der Waals surface area contributed by atoms with Crippen LogP contribution in [0.3, 0.4) is 0 Å². The maximum Gasteiger partial charge on any atom is 0.111 e. The summed E-state index contributed by atoms with van der Waals surface area (Å²) in [5.41, 5.74) is 4.11. The van der Waals surface area contributed by atoms with Crippen molar-refractivity contribution in [1.29, 1.82) is 0 Å². The lowest BCUT2D eigenvalue weighted by molar-refractivity contribution is 0.966. The van der Waals surface area contributed by atoms with E-state index >= 15 is 0 Å². The Balaban J connectivity index is 2.02. The molecule has 100 valence electrons. The van der Waals surface area contributed by atoms with Crippen LogP contribution in [-0.4, -0.2) is 4.57 Å². The van der Waals surface area contributed by atoms with Crippen LogP contribution < -0.4 is 0 Å². The molecule has 1 aromatic heterocycles. The van der Waals surface area contributed by atoms with E-state index in [0.717, 1.165) is 26.8 Å². The fourth-order valence-electron chi connectivity index (χ4n) is 2.15. The molecular weight excluding hydrogens is 314 g/mol. The van der Waals surface area contributed by atoms with Gasteiger partial charge in [-0.25, -0.2) is 0 Å². The van der Waals surface area contributed by atoms with Gasteiger partial charge in [0.2, 0.25) is 0 Å². The second-order valence-electron chi connectivity index (χ2n) is 4.82. The topological polar surface area (TPSA) is 29.6 Å². The summed E-state index contributed by atoms with van der Waals surface area (Å²) in [5, 5.41) is 9.78. The van der Waals surface area contributed by atoms with Gasteiger partial charge < -0.3 is 4.57 Å². The molecule has 2 aromatic carbocycles. The molecule has 0 aliphatic carbocycles. The minimum Gasteiger partial charge on any atom is -0.348 e. The monoisotopic (exact) mass is 327 g/mol. The van der Waals surface area contributed by atoms with Gasteiger partial charge in [-0.1, -0.05) is 33.6 Å². The quantitative estimate of drug-likeness (QED) is 0.543. The minimum absolute atomic E-state index is 0.864. The Morgan fingerprint density at radius 2 is 1.75 bits per heavy atom. The Kier molecular flexibility index (Phi) is 3.40. The molecule has 0 fully saturated rings. The van der Waals surface area contributed by atoms with Crippen LogP contribution in [0.5, 0.6) is 0 Å². The average molecular weight is 328 g/mol. The average Bonchev–Trinajstić information content (AvgIpc) is 2.74. The summed E-state index contributed by atoms with van der Waals surface area (Å²) in [4.78, 5) is 0. The molecule has 3 rings (SSSR count). The van der Waals surface area contributed by atoms with Crippen molar-refractivity contribution in [2.75, 3.05) is 0 Å². The standard InChI is InChI=1S/C16H14BrN3/c1-11-3-6-13(7-4-11)18-19-15-10-20(2)16-8-5-12(17)9-14(15)16/h3-10H,1-2H3. The zero-order chi connectivity index (χ0) is 14.1. The van der Waals surface area contributed by atoms with Gasteiger partial charge in [0.15, 0.2) is 0 Å². The maximum absolute atomic E-state index is 4.38. The summed E-state index contributed by atoms with van der Waals surface area (Å²) < 4.78 is 3.11. The highest BCUT2D eigenvalue weighted by molar-refractivity contribution is 9.10. The smallest absolute Gasteiger partial charge is 0.111 e. The zero-order valence-corrected chi connectivity index (χ0v) is 12.9. The molecule has 0 radical (unpaired) electrons. The van der Waals surface area contributed by atoms with Crippen LogP contribution in [0, 0.1) is 6.92 Å². The molecule has 0 aliphatic rings. The van der Waals surface area contributed by atoms with Gasteiger partial charge in [-0.3, -0.25) is 0 Å². The molecule has 0 saturated heterocycles.